The van der Waals surface area contributed by atoms with Gasteiger partial charge < -0.3 is 9.80 Å². The average Bonchev–Trinajstić information content (AvgIpc) is 2.22. The normalized spacial score (nSPS) is 11.2. The van der Waals surface area contributed by atoms with Gasteiger partial charge in [-0.25, -0.2) is 0 Å². The fourth-order valence-electron chi connectivity index (χ4n) is 1.99. The predicted molar refractivity (Wildman–Crippen MR) is 77.6 cm³/mol. The van der Waals surface area contributed by atoms with Gasteiger partial charge in [-0.2, -0.15) is 0 Å². The van der Waals surface area contributed by atoms with E-state index in [1.807, 2.05) is 26.0 Å². The second kappa shape index (κ2) is 5.63. The quantitative estimate of drug-likeness (QED) is 0.728. The molecule has 0 amide bonds. The maximum Gasteiger partial charge on any atom is 0.224 e. The highest BCUT2D eigenvalue weighted by atomic mass is 32.1. The number of anilines is 2. The van der Waals surface area contributed by atoms with Crippen LogP contribution in [-0.2, 0) is 0 Å². The summed E-state index contributed by atoms with van der Waals surface area (Å²) < 4.78 is 0.487. The SMILES string of the molecule is CC(C)CCCN(C)c1c(N(C)C)c(=O)c1=S. The lowest BCUT2D eigenvalue weighted by molar-refractivity contribution is 0.555. The maximum atomic E-state index is 11.6. The summed E-state index contributed by atoms with van der Waals surface area (Å²) in [5, 5.41) is 0. The van der Waals surface area contributed by atoms with E-state index in [0.717, 1.165) is 30.3 Å². The van der Waals surface area contributed by atoms with Gasteiger partial charge in [0.1, 0.15) is 10.2 Å². The summed E-state index contributed by atoms with van der Waals surface area (Å²) >= 11 is 5.13. The van der Waals surface area contributed by atoms with Crippen LogP contribution in [0, 0.1) is 10.4 Å². The van der Waals surface area contributed by atoms with E-state index in [9.17, 15) is 4.79 Å². The molecule has 0 aliphatic carbocycles. The molecule has 1 aromatic rings. The highest BCUT2D eigenvalue weighted by Crippen LogP contribution is 2.29. The minimum atomic E-state index is 0.00992. The molecule has 0 bridgehead atoms. The Morgan fingerprint density at radius 3 is 2.24 bits per heavy atom. The summed E-state index contributed by atoms with van der Waals surface area (Å²) in [4.78, 5) is 15.6. The van der Waals surface area contributed by atoms with Gasteiger partial charge in [0, 0.05) is 27.7 Å². The van der Waals surface area contributed by atoms with Crippen molar-refractivity contribution in [2.24, 2.45) is 5.92 Å². The Balaban J connectivity index is 2.70. The van der Waals surface area contributed by atoms with E-state index in [1.165, 1.54) is 6.42 Å². The van der Waals surface area contributed by atoms with Crippen molar-refractivity contribution in [1.82, 2.24) is 0 Å². The number of rotatable bonds is 6. The first-order chi connectivity index (χ1) is 7.86. The topological polar surface area (TPSA) is 23.6 Å². The van der Waals surface area contributed by atoms with Crippen LogP contribution in [0.2, 0.25) is 0 Å². The molecule has 0 fully saturated rings. The first-order valence-corrected chi connectivity index (χ1v) is 6.48. The molecule has 1 aromatic carbocycles. The molecule has 0 saturated heterocycles. The van der Waals surface area contributed by atoms with Gasteiger partial charge in [-0.05, 0) is 18.8 Å². The van der Waals surface area contributed by atoms with Gasteiger partial charge in [0.15, 0.2) is 0 Å². The summed E-state index contributed by atoms with van der Waals surface area (Å²) in [7, 11) is 5.78. The van der Waals surface area contributed by atoms with Crippen LogP contribution >= 0.6 is 12.2 Å². The van der Waals surface area contributed by atoms with Crippen molar-refractivity contribution in [2.45, 2.75) is 26.7 Å². The molecule has 3 nitrogen and oxygen atoms in total. The van der Waals surface area contributed by atoms with Gasteiger partial charge in [-0.3, -0.25) is 4.79 Å². The second-order valence-corrected chi connectivity index (χ2v) is 5.62. The zero-order valence-corrected chi connectivity index (χ0v) is 12.2. The molecule has 4 heteroatoms. The van der Waals surface area contributed by atoms with Crippen LogP contribution in [0.15, 0.2) is 4.79 Å². The number of hydrogen-bond acceptors (Lipinski definition) is 4. The zero-order valence-electron chi connectivity index (χ0n) is 11.4. The third kappa shape index (κ3) is 3.06. The lowest BCUT2D eigenvalue weighted by Gasteiger charge is -2.27. The molecule has 0 aliphatic heterocycles. The Bertz CT molecular complexity index is 444. The van der Waals surface area contributed by atoms with Crippen LogP contribution in [0.25, 0.3) is 0 Å². The molecular formula is C13H22N2OS. The maximum absolute atomic E-state index is 11.6. The summed E-state index contributed by atoms with van der Waals surface area (Å²) in [6, 6.07) is 0. The van der Waals surface area contributed by atoms with Crippen LogP contribution in [0.1, 0.15) is 26.7 Å². The first kappa shape index (κ1) is 14.2. The summed E-state index contributed by atoms with van der Waals surface area (Å²) in [6.07, 6.45) is 2.34. The Hall–Kier alpha value is -0.900. The van der Waals surface area contributed by atoms with E-state index in [-0.39, 0.29) is 5.43 Å². The molecule has 1 rings (SSSR count). The Kier molecular flexibility index (Phi) is 4.69. The van der Waals surface area contributed by atoms with Crippen molar-refractivity contribution in [2.75, 3.05) is 37.5 Å². The Morgan fingerprint density at radius 2 is 1.76 bits per heavy atom. The highest BCUT2D eigenvalue weighted by Gasteiger charge is 2.22. The molecule has 0 aromatic heterocycles. The fraction of sp³-hybridized carbons (Fsp3) is 0.692. The minimum Gasteiger partial charge on any atom is -0.373 e. The predicted octanol–water partition coefficient (Wildman–Crippen LogP) is 2.59. The van der Waals surface area contributed by atoms with Gasteiger partial charge >= 0.3 is 0 Å². The fourth-order valence-corrected chi connectivity index (χ4v) is 2.33. The van der Waals surface area contributed by atoms with Crippen LogP contribution in [0.3, 0.4) is 0 Å². The summed E-state index contributed by atoms with van der Waals surface area (Å²) in [5.74, 6) is 0.723. The van der Waals surface area contributed by atoms with Gasteiger partial charge in [-0.1, -0.05) is 26.1 Å². The lowest BCUT2D eigenvalue weighted by atomic mass is 10.1. The van der Waals surface area contributed by atoms with E-state index in [4.69, 9.17) is 12.2 Å². The highest BCUT2D eigenvalue weighted by molar-refractivity contribution is 7.71. The van der Waals surface area contributed by atoms with E-state index in [1.54, 1.807) is 0 Å². The van der Waals surface area contributed by atoms with Crippen LogP contribution in [-0.4, -0.2) is 27.7 Å². The van der Waals surface area contributed by atoms with E-state index in [0.29, 0.717) is 4.51 Å². The number of nitrogens with zero attached hydrogens (tertiary/aromatic N) is 2. The zero-order chi connectivity index (χ0) is 13.2. The van der Waals surface area contributed by atoms with E-state index < -0.39 is 0 Å². The van der Waals surface area contributed by atoms with Crippen molar-refractivity contribution in [3.63, 3.8) is 0 Å². The van der Waals surface area contributed by atoms with Crippen LogP contribution in [0.5, 0.6) is 0 Å². The average molecular weight is 254 g/mol. The summed E-state index contributed by atoms with van der Waals surface area (Å²) in [6.45, 7) is 5.41. The molecule has 0 saturated carbocycles. The molecule has 0 aliphatic rings. The largest absolute Gasteiger partial charge is 0.373 e. The van der Waals surface area contributed by atoms with Crippen molar-refractivity contribution < 1.29 is 0 Å². The second-order valence-electron chi connectivity index (χ2n) is 5.21. The van der Waals surface area contributed by atoms with Crippen molar-refractivity contribution >= 4 is 23.6 Å². The molecule has 0 spiro atoms. The van der Waals surface area contributed by atoms with Crippen LogP contribution in [0.4, 0.5) is 11.4 Å². The van der Waals surface area contributed by atoms with Gasteiger partial charge in [0.05, 0.1) is 5.69 Å². The molecule has 0 radical (unpaired) electrons. The minimum absolute atomic E-state index is 0.00992. The third-order valence-corrected chi connectivity index (χ3v) is 3.34. The van der Waals surface area contributed by atoms with E-state index in [2.05, 4.69) is 18.7 Å². The van der Waals surface area contributed by atoms with Gasteiger partial charge in [0.2, 0.25) is 5.43 Å². The Morgan fingerprint density at radius 1 is 1.18 bits per heavy atom. The molecule has 0 atom stereocenters. The Labute approximate surface area is 109 Å². The molecule has 0 unspecified atom stereocenters. The van der Waals surface area contributed by atoms with Gasteiger partial charge in [-0.15, -0.1) is 0 Å². The van der Waals surface area contributed by atoms with Gasteiger partial charge in [0.25, 0.3) is 0 Å². The molecule has 0 N–H and O–H groups in total. The lowest BCUT2D eigenvalue weighted by Crippen LogP contribution is -2.32. The van der Waals surface area contributed by atoms with Crippen molar-refractivity contribution in [3.8, 4) is 0 Å². The molecule has 0 heterocycles. The van der Waals surface area contributed by atoms with Crippen LogP contribution < -0.4 is 15.2 Å². The molecular weight excluding hydrogens is 232 g/mol. The monoisotopic (exact) mass is 254 g/mol. The molecule has 96 valence electrons. The first-order valence-electron chi connectivity index (χ1n) is 6.08. The standard InChI is InChI=1S/C13H22N2OS/c1-9(2)7-6-8-15(5)11-10(14(3)4)12(16)13(11)17/h9H,6-8H2,1-5H3. The third-order valence-electron chi connectivity index (χ3n) is 2.96. The smallest absolute Gasteiger partial charge is 0.224 e. The summed E-state index contributed by atoms with van der Waals surface area (Å²) in [5.41, 5.74) is 1.71. The van der Waals surface area contributed by atoms with E-state index >= 15 is 0 Å². The number of hydrogen-bond donors (Lipinski definition) is 0. The van der Waals surface area contributed by atoms with Crippen molar-refractivity contribution in [3.05, 3.63) is 14.7 Å². The molecule has 17 heavy (non-hydrogen) atoms. The van der Waals surface area contributed by atoms with Crippen molar-refractivity contribution in [1.29, 1.82) is 0 Å².